The number of carbonyl (C=O) groups excluding carboxylic acids is 4. The number of Topliss-reactive ketones (excluding diaryl/α,β-unsaturated/α-hetero) is 1. The number of ketones is 1. The number of rotatable bonds is 8. The lowest BCUT2D eigenvalue weighted by atomic mass is 9.83. The number of aliphatic hydroxyl groups excluding tert-OH is 1. The second-order valence-corrected chi connectivity index (χ2v) is 9.03. The van der Waals surface area contributed by atoms with E-state index in [9.17, 15) is 50.6 Å². The fourth-order valence-corrected chi connectivity index (χ4v) is 5.11. The third kappa shape index (κ3) is 5.45. The van der Waals surface area contributed by atoms with Gasteiger partial charge in [0.2, 0.25) is 17.9 Å². The standard InChI is InChI=1S/C19H23F6N3O6/c20-18(21,22)13(30)16(33)28-7-17(5-11(28)14(26)31)4-10(17)9(3-8-1-2-27-15(8)32)12(29)6-34-19(23,24)25/h8-11,13,30H,1-7H2,(H2,26,31)(H,27,32)/t8-,9+,10?,11?,13+,17?/m1/s1. The van der Waals surface area contributed by atoms with Gasteiger partial charge in [-0.1, -0.05) is 0 Å². The van der Waals surface area contributed by atoms with Gasteiger partial charge in [0.05, 0.1) is 0 Å². The minimum absolute atomic E-state index is 0.111. The number of primary amides is 1. The number of carbonyl (C=O) groups is 4. The maximum Gasteiger partial charge on any atom is 0.522 e. The molecular formula is C19H23F6N3O6. The third-order valence-corrected chi connectivity index (χ3v) is 6.85. The van der Waals surface area contributed by atoms with Crippen LogP contribution in [-0.4, -0.2) is 77.9 Å². The first-order valence-electron chi connectivity index (χ1n) is 10.4. The molecule has 4 N–H and O–H groups in total. The van der Waals surface area contributed by atoms with Crippen LogP contribution in [0.2, 0.25) is 0 Å². The number of alkyl halides is 6. The number of hydrogen-bond donors (Lipinski definition) is 3. The number of likely N-dealkylation sites (tertiary alicyclic amines) is 1. The molecule has 192 valence electrons. The molecule has 0 aromatic rings. The van der Waals surface area contributed by atoms with Crippen molar-refractivity contribution in [1.29, 1.82) is 0 Å². The Kier molecular flexibility index (Phi) is 6.92. The van der Waals surface area contributed by atoms with E-state index in [1.54, 1.807) is 0 Å². The highest BCUT2D eigenvalue weighted by atomic mass is 19.4. The van der Waals surface area contributed by atoms with Crippen LogP contribution in [0.15, 0.2) is 0 Å². The summed E-state index contributed by atoms with van der Waals surface area (Å²) in [6.07, 6.45) is -13.6. The van der Waals surface area contributed by atoms with Crippen LogP contribution in [0.4, 0.5) is 26.3 Å². The van der Waals surface area contributed by atoms with Crippen LogP contribution in [0.1, 0.15) is 25.7 Å². The summed E-state index contributed by atoms with van der Waals surface area (Å²) in [5, 5.41) is 11.9. The van der Waals surface area contributed by atoms with Gasteiger partial charge in [0.15, 0.2) is 5.78 Å². The van der Waals surface area contributed by atoms with Crippen molar-refractivity contribution in [3.05, 3.63) is 0 Å². The molecule has 6 atom stereocenters. The predicted molar refractivity (Wildman–Crippen MR) is 98.2 cm³/mol. The van der Waals surface area contributed by atoms with Crippen molar-refractivity contribution in [2.24, 2.45) is 28.9 Å². The molecule has 0 aromatic heterocycles. The van der Waals surface area contributed by atoms with E-state index in [4.69, 9.17) is 5.73 Å². The van der Waals surface area contributed by atoms with Crippen molar-refractivity contribution in [1.82, 2.24) is 10.2 Å². The van der Waals surface area contributed by atoms with Gasteiger partial charge in [-0.3, -0.25) is 23.9 Å². The molecule has 1 aliphatic carbocycles. The highest BCUT2D eigenvalue weighted by Crippen LogP contribution is 2.64. The van der Waals surface area contributed by atoms with Gasteiger partial charge in [-0.05, 0) is 37.0 Å². The zero-order valence-electron chi connectivity index (χ0n) is 17.6. The topological polar surface area (TPSA) is 139 Å². The molecule has 3 amide bonds. The SMILES string of the molecule is NC(=O)C1CC2(CC2[C@H](C[C@H]2CCNC2=O)C(=O)COC(F)(F)F)CN1C(=O)[C@H](O)C(F)(F)F. The van der Waals surface area contributed by atoms with Gasteiger partial charge in [0.1, 0.15) is 12.6 Å². The van der Waals surface area contributed by atoms with Gasteiger partial charge in [0.25, 0.3) is 5.91 Å². The average Bonchev–Trinajstić information content (AvgIpc) is 3.02. The molecule has 1 spiro atoms. The maximum absolute atomic E-state index is 12.8. The maximum atomic E-state index is 12.8. The highest BCUT2D eigenvalue weighted by Gasteiger charge is 2.66. The van der Waals surface area contributed by atoms with Crippen LogP contribution in [-0.2, 0) is 23.9 Å². The molecule has 2 aliphatic heterocycles. The molecule has 1 saturated carbocycles. The Bertz CT molecular complexity index is 864. The van der Waals surface area contributed by atoms with Crippen LogP contribution < -0.4 is 11.1 Å². The van der Waals surface area contributed by atoms with Gasteiger partial charge < -0.3 is 21.1 Å². The summed E-state index contributed by atoms with van der Waals surface area (Å²) < 4.78 is 79.5. The second-order valence-electron chi connectivity index (χ2n) is 9.03. The van der Waals surface area contributed by atoms with Crippen molar-refractivity contribution in [3.63, 3.8) is 0 Å². The van der Waals surface area contributed by atoms with Crippen LogP contribution in [0.5, 0.6) is 0 Å². The zero-order chi connectivity index (χ0) is 25.6. The van der Waals surface area contributed by atoms with Crippen LogP contribution >= 0.6 is 0 Å². The molecule has 3 rings (SSSR count). The van der Waals surface area contributed by atoms with Crippen LogP contribution in [0, 0.1) is 23.2 Å². The smallest absolute Gasteiger partial charge is 0.376 e. The first kappa shape index (κ1) is 26.2. The van der Waals surface area contributed by atoms with E-state index in [1.807, 2.05) is 0 Å². The number of nitrogens with one attached hydrogen (secondary N) is 1. The molecule has 34 heavy (non-hydrogen) atoms. The van der Waals surface area contributed by atoms with E-state index in [0.29, 0.717) is 17.9 Å². The summed E-state index contributed by atoms with van der Waals surface area (Å²) in [6.45, 7) is -1.44. The van der Waals surface area contributed by atoms with Crippen molar-refractivity contribution >= 4 is 23.5 Å². The Hall–Kier alpha value is -2.42. The number of nitrogens with two attached hydrogens (primary N) is 1. The van der Waals surface area contributed by atoms with Gasteiger partial charge in [-0.2, -0.15) is 13.2 Å². The molecule has 0 aromatic carbocycles. The minimum atomic E-state index is -5.29. The van der Waals surface area contributed by atoms with Gasteiger partial charge in [-0.25, -0.2) is 0 Å². The Morgan fingerprint density at radius 3 is 2.35 bits per heavy atom. The molecule has 3 unspecified atom stereocenters. The fraction of sp³-hybridized carbons (Fsp3) is 0.789. The van der Waals surface area contributed by atoms with Crippen molar-refractivity contribution in [2.45, 2.75) is 50.4 Å². The Morgan fingerprint density at radius 1 is 1.21 bits per heavy atom. The second kappa shape index (κ2) is 8.98. The number of halogens is 6. The lowest BCUT2D eigenvalue weighted by Gasteiger charge is -2.26. The molecule has 15 heteroatoms. The van der Waals surface area contributed by atoms with Crippen molar-refractivity contribution < 1.29 is 55.4 Å². The van der Waals surface area contributed by atoms with E-state index in [1.165, 1.54) is 0 Å². The first-order chi connectivity index (χ1) is 15.6. The predicted octanol–water partition coefficient (Wildman–Crippen LogP) is 0.250. The van der Waals surface area contributed by atoms with Crippen molar-refractivity contribution in [3.8, 4) is 0 Å². The molecule has 0 bridgehead atoms. The summed E-state index contributed by atoms with van der Waals surface area (Å²) >= 11 is 0. The zero-order valence-corrected chi connectivity index (χ0v) is 17.6. The summed E-state index contributed by atoms with van der Waals surface area (Å²) in [7, 11) is 0. The molecule has 0 radical (unpaired) electrons. The Balaban J connectivity index is 1.81. The summed E-state index contributed by atoms with van der Waals surface area (Å²) in [4.78, 5) is 49.2. The lowest BCUT2D eigenvalue weighted by Crippen LogP contribution is -2.51. The molecule has 2 saturated heterocycles. The summed E-state index contributed by atoms with van der Waals surface area (Å²) in [5.41, 5.74) is 4.19. The summed E-state index contributed by atoms with van der Waals surface area (Å²) in [5.74, 6) is -6.72. The number of ether oxygens (including phenoxy) is 1. The summed E-state index contributed by atoms with van der Waals surface area (Å²) in [6, 6.07) is -1.49. The van der Waals surface area contributed by atoms with E-state index in [0.717, 1.165) is 0 Å². The number of amides is 3. The average molecular weight is 503 g/mol. The van der Waals surface area contributed by atoms with Crippen molar-refractivity contribution in [2.75, 3.05) is 19.7 Å². The largest absolute Gasteiger partial charge is 0.522 e. The van der Waals surface area contributed by atoms with Crippen LogP contribution in [0.25, 0.3) is 0 Å². The Morgan fingerprint density at radius 2 is 1.85 bits per heavy atom. The number of hydrogen-bond acceptors (Lipinski definition) is 6. The van der Waals surface area contributed by atoms with E-state index in [-0.39, 0.29) is 25.2 Å². The molecule has 3 fully saturated rings. The lowest BCUT2D eigenvalue weighted by molar-refractivity contribution is -0.321. The van der Waals surface area contributed by atoms with Gasteiger partial charge in [-0.15, -0.1) is 13.2 Å². The Labute approximate surface area is 188 Å². The molecule has 9 nitrogen and oxygen atoms in total. The van der Waals surface area contributed by atoms with E-state index < -0.39 is 78.6 Å². The molecular weight excluding hydrogens is 480 g/mol. The van der Waals surface area contributed by atoms with Gasteiger partial charge in [0, 0.05) is 24.9 Å². The van der Waals surface area contributed by atoms with Crippen LogP contribution in [0.3, 0.4) is 0 Å². The third-order valence-electron chi connectivity index (χ3n) is 6.85. The number of nitrogens with zero attached hydrogens (tertiary/aromatic N) is 1. The van der Waals surface area contributed by atoms with E-state index >= 15 is 0 Å². The van der Waals surface area contributed by atoms with Gasteiger partial charge >= 0.3 is 12.5 Å². The minimum Gasteiger partial charge on any atom is -0.376 e. The highest BCUT2D eigenvalue weighted by molar-refractivity contribution is 5.90. The molecule has 3 aliphatic rings. The first-order valence-corrected chi connectivity index (χ1v) is 10.4. The quantitative estimate of drug-likeness (QED) is 0.406. The molecule has 2 heterocycles. The fourth-order valence-electron chi connectivity index (χ4n) is 5.11. The van der Waals surface area contributed by atoms with E-state index in [2.05, 4.69) is 10.1 Å². The monoisotopic (exact) mass is 503 g/mol. The number of aliphatic hydroxyl groups is 1. The normalized spacial score (nSPS) is 30.9.